The van der Waals surface area contributed by atoms with Gasteiger partial charge in [0.2, 0.25) is 0 Å². The zero-order valence-electron chi connectivity index (χ0n) is 7.46. The highest BCUT2D eigenvalue weighted by Gasteiger charge is 2.14. The second kappa shape index (κ2) is 4.08. The third-order valence-corrected chi connectivity index (χ3v) is 3.84. The first-order valence-electron chi connectivity index (χ1n) is 5.00. The molecule has 0 bridgehead atoms. The third kappa shape index (κ3) is 1.89. The van der Waals surface area contributed by atoms with Gasteiger partial charge in [-0.2, -0.15) is 0 Å². The van der Waals surface area contributed by atoms with Crippen molar-refractivity contribution in [2.24, 2.45) is 0 Å². The molecule has 0 aliphatic heterocycles. The lowest BCUT2D eigenvalue weighted by atomic mass is 9.99. The van der Waals surface area contributed by atoms with Crippen LogP contribution in [0.15, 0.2) is 17.5 Å². The molecular weight excluding hydrogens is 164 g/mol. The predicted octanol–water partition coefficient (Wildman–Crippen LogP) is 4.19. The maximum Gasteiger partial charge on any atom is 0.00761 e. The highest BCUT2D eigenvalue weighted by atomic mass is 32.1. The van der Waals surface area contributed by atoms with Crippen molar-refractivity contribution in [2.75, 3.05) is 0 Å². The van der Waals surface area contributed by atoms with Gasteiger partial charge in [0, 0.05) is 4.88 Å². The van der Waals surface area contributed by atoms with Crippen LogP contribution in [-0.4, -0.2) is 0 Å². The molecule has 0 radical (unpaired) electrons. The number of hydrogen-bond donors (Lipinski definition) is 0. The van der Waals surface area contributed by atoms with Gasteiger partial charge in [0.25, 0.3) is 0 Å². The fourth-order valence-electron chi connectivity index (χ4n) is 2.09. The van der Waals surface area contributed by atoms with Gasteiger partial charge in [-0.1, -0.05) is 31.7 Å². The van der Waals surface area contributed by atoms with Gasteiger partial charge >= 0.3 is 0 Å². The summed E-state index contributed by atoms with van der Waals surface area (Å²) in [5, 5.41) is 2.21. The maximum atomic E-state index is 2.31. The van der Waals surface area contributed by atoms with Crippen LogP contribution >= 0.6 is 11.3 Å². The maximum absolute atomic E-state index is 2.31. The van der Waals surface area contributed by atoms with Crippen LogP contribution in [0.5, 0.6) is 0 Å². The van der Waals surface area contributed by atoms with Crippen LogP contribution in [0.3, 0.4) is 0 Å². The van der Waals surface area contributed by atoms with E-state index in [0.717, 1.165) is 5.92 Å². The van der Waals surface area contributed by atoms with E-state index in [-0.39, 0.29) is 0 Å². The smallest absolute Gasteiger partial charge is 0.00761 e. The van der Waals surface area contributed by atoms with E-state index in [2.05, 4.69) is 17.5 Å². The topological polar surface area (TPSA) is 0 Å². The zero-order chi connectivity index (χ0) is 8.23. The molecule has 1 aromatic heterocycles. The molecule has 0 unspecified atom stereocenters. The minimum atomic E-state index is 0.896. The largest absolute Gasteiger partial charge is 0.149 e. The summed E-state index contributed by atoms with van der Waals surface area (Å²) in [6.45, 7) is 0. The minimum Gasteiger partial charge on any atom is -0.149 e. The fraction of sp³-hybridized carbons (Fsp3) is 0.636. The molecule has 0 aromatic carbocycles. The molecule has 0 amide bonds. The molecule has 1 heteroatoms. The molecular formula is C11H16S. The van der Waals surface area contributed by atoms with Crippen molar-refractivity contribution in [1.29, 1.82) is 0 Å². The molecule has 1 saturated carbocycles. The molecule has 0 spiro atoms. The van der Waals surface area contributed by atoms with Gasteiger partial charge in [0.1, 0.15) is 0 Å². The Kier molecular flexibility index (Phi) is 2.83. The van der Waals surface area contributed by atoms with Crippen LogP contribution in [0.25, 0.3) is 0 Å². The molecule has 66 valence electrons. The summed E-state index contributed by atoms with van der Waals surface area (Å²) in [6, 6.07) is 4.49. The van der Waals surface area contributed by atoms with Crippen LogP contribution in [-0.2, 0) is 0 Å². The molecule has 12 heavy (non-hydrogen) atoms. The third-order valence-electron chi connectivity index (χ3n) is 2.80. The van der Waals surface area contributed by atoms with E-state index in [9.17, 15) is 0 Å². The van der Waals surface area contributed by atoms with Crippen molar-refractivity contribution in [1.82, 2.24) is 0 Å². The molecule has 0 nitrogen and oxygen atoms in total. The molecule has 2 rings (SSSR count). The monoisotopic (exact) mass is 180 g/mol. The van der Waals surface area contributed by atoms with Crippen molar-refractivity contribution in [3.05, 3.63) is 22.4 Å². The molecule has 0 atom stereocenters. The molecule has 1 aliphatic rings. The Bertz CT molecular complexity index is 205. The summed E-state index contributed by atoms with van der Waals surface area (Å²) >= 11 is 1.94. The van der Waals surface area contributed by atoms with Gasteiger partial charge < -0.3 is 0 Å². The first-order valence-corrected chi connectivity index (χ1v) is 5.88. The fourth-order valence-corrected chi connectivity index (χ4v) is 2.99. The average molecular weight is 180 g/mol. The van der Waals surface area contributed by atoms with Gasteiger partial charge in [-0.25, -0.2) is 0 Å². The lowest BCUT2D eigenvalue weighted by Gasteiger charge is -2.10. The van der Waals surface area contributed by atoms with Crippen molar-refractivity contribution < 1.29 is 0 Å². The Balaban J connectivity index is 2.02. The van der Waals surface area contributed by atoms with Crippen LogP contribution in [0.2, 0.25) is 0 Å². The van der Waals surface area contributed by atoms with Gasteiger partial charge in [-0.3, -0.25) is 0 Å². The Morgan fingerprint density at radius 3 is 2.42 bits per heavy atom. The SMILES string of the molecule is c1csc(C2CCCCCC2)c1. The Labute approximate surface area is 78.6 Å². The van der Waals surface area contributed by atoms with Crippen molar-refractivity contribution in [2.45, 2.75) is 44.4 Å². The van der Waals surface area contributed by atoms with Crippen LogP contribution in [0, 0.1) is 0 Å². The van der Waals surface area contributed by atoms with Gasteiger partial charge in [-0.15, -0.1) is 11.3 Å². The molecule has 1 fully saturated rings. The van der Waals surface area contributed by atoms with Crippen LogP contribution < -0.4 is 0 Å². The van der Waals surface area contributed by atoms with Gasteiger partial charge in [-0.05, 0) is 30.2 Å². The van der Waals surface area contributed by atoms with Gasteiger partial charge in [0.15, 0.2) is 0 Å². The van der Waals surface area contributed by atoms with Crippen molar-refractivity contribution in [3.63, 3.8) is 0 Å². The highest BCUT2D eigenvalue weighted by Crippen LogP contribution is 2.33. The highest BCUT2D eigenvalue weighted by molar-refractivity contribution is 7.10. The molecule has 1 heterocycles. The number of rotatable bonds is 1. The average Bonchev–Trinajstić information content (AvgIpc) is 2.48. The van der Waals surface area contributed by atoms with E-state index in [0.29, 0.717) is 0 Å². The molecule has 1 aromatic rings. The standard InChI is InChI=1S/C11H16S/c1-2-4-7-10(6-3-1)11-8-5-9-12-11/h5,8-10H,1-4,6-7H2. The Morgan fingerprint density at radius 1 is 1.08 bits per heavy atom. The lowest BCUT2D eigenvalue weighted by molar-refractivity contribution is 0.602. The van der Waals surface area contributed by atoms with E-state index in [4.69, 9.17) is 0 Å². The first-order chi connectivity index (χ1) is 5.97. The van der Waals surface area contributed by atoms with Crippen molar-refractivity contribution in [3.8, 4) is 0 Å². The first kappa shape index (κ1) is 8.31. The quantitative estimate of drug-likeness (QED) is 0.569. The van der Waals surface area contributed by atoms with E-state index in [1.165, 1.54) is 38.5 Å². The van der Waals surface area contributed by atoms with E-state index >= 15 is 0 Å². The van der Waals surface area contributed by atoms with Crippen LogP contribution in [0.1, 0.15) is 49.3 Å². The summed E-state index contributed by atoms with van der Waals surface area (Å²) in [4.78, 5) is 1.62. The van der Waals surface area contributed by atoms with E-state index in [1.54, 1.807) is 4.88 Å². The predicted molar refractivity (Wildman–Crippen MR) is 54.8 cm³/mol. The summed E-state index contributed by atoms with van der Waals surface area (Å²) < 4.78 is 0. The Hall–Kier alpha value is -0.300. The summed E-state index contributed by atoms with van der Waals surface area (Å²) in [6.07, 6.45) is 8.68. The molecule has 1 aliphatic carbocycles. The van der Waals surface area contributed by atoms with E-state index < -0.39 is 0 Å². The lowest BCUT2D eigenvalue weighted by Crippen LogP contribution is -1.92. The minimum absolute atomic E-state index is 0.896. The van der Waals surface area contributed by atoms with E-state index in [1.807, 2.05) is 11.3 Å². The van der Waals surface area contributed by atoms with Crippen LogP contribution in [0.4, 0.5) is 0 Å². The molecule has 0 saturated heterocycles. The summed E-state index contributed by atoms with van der Waals surface area (Å²) in [7, 11) is 0. The van der Waals surface area contributed by atoms with Crippen molar-refractivity contribution >= 4 is 11.3 Å². The Morgan fingerprint density at radius 2 is 1.83 bits per heavy atom. The molecule has 0 N–H and O–H groups in total. The number of thiophene rings is 1. The van der Waals surface area contributed by atoms with Gasteiger partial charge in [0.05, 0.1) is 0 Å². The number of hydrogen-bond acceptors (Lipinski definition) is 1. The summed E-state index contributed by atoms with van der Waals surface area (Å²) in [5.74, 6) is 0.896. The second-order valence-electron chi connectivity index (χ2n) is 3.70. The normalized spacial score (nSPS) is 20.7. The summed E-state index contributed by atoms with van der Waals surface area (Å²) in [5.41, 5.74) is 0. The zero-order valence-corrected chi connectivity index (χ0v) is 8.28. The second-order valence-corrected chi connectivity index (χ2v) is 4.68.